The lowest BCUT2D eigenvalue weighted by molar-refractivity contribution is -0.137. The van der Waals surface area contributed by atoms with Crippen LogP contribution in [0, 0.1) is 12.8 Å². The third-order valence-electron chi connectivity index (χ3n) is 4.46. The molecule has 2 nitrogen and oxygen atoms in total. The van der Waals surface area contributed by atoms with Gasteiger partial charge in [-0.3, -0.25) is 0 Å². The van der Waals surface area contributed by atoms with Crippen molar-refractivity contribution < 1.29 is 22.6 Å². The van der Waals surface area contributed by atoms with Crippen molar-refractivity contribution in [1.29, 1.82) is 0 Å². The molecule has 0 N–H and O–H groups in total. The fraction of sp³-hybridized carbons (Fsp3) is 0.478. The number of halogens is 3. The van der Waals surface area contributed by atoms with Crippen molar-refractivity contribution in [1.82, 2.24) is 0 Å². The molecule has 2 aromatic rings. The minimum absolute atomic E-state index is 0.323. The summed E-state index contributed by atoms with van der Waals surface area (Å²) in [4.78, 5) is 1.18. The highest BCUT2D eigenvalue weighted by molar-refractivity contribution is 7.99. The molecular weight excluding hydrogens is 397 g/mol. The van der Waals surface area contributed by atoms with Crippen LogP contribution in [0.15, 0.2) is 47.4 Å². The Kier molecular flexibility index (Phi) is 9.21. The van der Waals surface area contributed by atoms with E-state index in [4.69, 9.17) is 9.47 Å². The Morgan fingerprint density at radius 2 is 1.69 bits per heavy atom. The Bertz CT molecular complexity index is 745. The summed E-state index contributed by atoms with van der Waals surface area (Å²) >= 11 is 1.77. The second-order valence-electron chi connectivity index (χ2n) is 7.07. The fourth-order valence-electron chi connectivity index (χ4n) is 2.88. The molecule has 0 aliphatic rings. The molecule has 0 saturated carbocycles. The third-order valence-corrected chi connectivity index (χ3v) is 5.68. The van der Waals surface area contributed by atoms with E-state index in [1.165, 1.54) is 17.0 Å². The summed E-state index contributed by atoms with van der Waals surface area (Å²) in [6, 6.07) is 11.1. The summed E-state index contributed by atoms with van der Waals surface area (Å²) in [6.07, 6.45) is -1.31. The lowest BCUT2D eigenvalue weighted by atomic mass is 10.1. The average Bonchev–Trinajstić information content (AvgIpc) is 2.69. The van der Waals surface area contributed by atoms with Gasteiger partial charge in [0.25, 0.3) is 0 Å². The topological polar surface area (TPSA) is 18.5 Å². The second kappa shape index (κ2) is 11.4. The highest BCUT2D eigenvalue weighted by Crippen LogP contribution is 2.31. The monoisotopic (exact) mass is 426 g/mol. The smallest absolute Gasteiger partial charge is 0.416 e. The Balaban J connectivity index is 1.89. The van der Waals surface area contributed by atoms with Crippen molar-refractivity contribution in [3.05, 3.63) is 53.6 Å². The molecule has 0 aliphatic heterocycles. The predicted octanol–water partition coefficient (Wildman–Crippen LogP) is 7.39. The zero-order valence-corrected chi connectivity index (χ0v) is 18.0. The summed E-state index contributed by atoms with van der Waals surface area (Å²) < 4.78 is 49.5. The van der Waals surface area contributed by atoms with E-state index >= 15 is 0 Å². The minimum Gasteiger partial charge on any atom is -0.493 e. The molecule has 0 bridgehead atoms. The Morgan fingerprint density at radius 1 is 0.966 bits per heavy atom. The molecule has 29 heavy (non-hydrogen) atoms. The van der Waals surface area contributed by atoms with E-state index in [0.717, 1.165) is 48.5 Å². The van der Waals surface area contributed by atoms with Gasteiger partial charge in [-0.25, -0.2) is 0 Å². The van der Waals surface area contributed by atoms with E-state index in [0.29, 0.717) is 24.9 Å². The molecule has 0 heterocycles. The zero-order valence-electron chi connectivity index (χ0n) is 17.2. The van der Waals surface area contributed by atoms with Crippen LogP contribution in [0.3, 0.4) is 0 Å². The van der Waals surface area contributed by atoms with Crippen molar-refractivity contribution in [2.24, 2.45) is 5.92 Å². The maximum atomic E-state index is 12.7. The summed E-state index contributed by atoms with van der Waals surface area (Å²) in [5, 5.41) is 0. The molecule has 0 aliphatic carbocycles. The highest BCUT2D eigenvalue weighted by atomic mass is 32.2. The molecule has 0 spiro atoms. The molecule has 0 saturated heterocycles. The van der Waals surface area contributed by atoms with Crippen LogP contribution in [0.25, 0.3) is 0 Å². The van der Waals surface area contributed by atoms with E-state index in [9.17, 15) is 13.2 Å². The molecule has 2 rings (SSSR count). The minimum atomic E-state index is -4.32. The quantitative estimate of drug-likeness (QED) is 0.349. The molecule has 0 radical (unpaired) electrons. The summed E-state index contributed by atoms with van der Waals surface area (Å²) in [5.41, 5.74) is 0.462. The molecule has 0 fully saturated rings. The summed E-state index contributed by atoms with van der Waals surface area (Å²) in [7, 11) is 0. The summed E-state index contributed by atoms with van der Waals surface area (Å²) in [6.45, 7) is 7.46. The highest BCUT2D eigenvalue weighted by Gasteiger charge is 2.30. The van der Waals surface area contributed by atoms with Gasteiger partial charge >= 0.3 is 6.18 Å². The Hall–Kier alpha value is -1.82. The van der Waals surface area contributed by atoms with Crippen LogP contribution in [0.5, 0.6) is 11.5 Å². The predicted molar refractivity (Wildman–Crippen MR) is 113 cm³/mol. The molecule has 6 heteroatoms. The lowest BCUT2D eigenvalue weighted by Gasteiger charge is -2.17. The van der Waals surface area contributed by atoms with Gasteiger partial charge < -0.3 is 9.47 Å². The van der Waals surface area contributed by atoms with Crippen molar-refractivity contribution >= 4 is 11.8 Å². The van der Waals surface area contributed by atoms with Crippen molar-refractivity contribution in [3.8, 4) is 11.5 Å². The van der Waals surface area contributed by atoms with Crippen molar-refractivity contribution in [2.75, 3.05) is 19.0 Å². The Labute approximate surface area is 175 Å². The van der Waals surface area contributed by atoms with E-state index < -0.39 is 11.7 Å². The first-order chi connectivity index (χ1) is 13.8. The van der Waals surface area contributed by atoms with Gasteiger partial charge in [0.2, 0.25) is 0 Å². The van der Waals surface area contributed by atoms with E-state index in [1.807, 2.05) is 13.0 Å². The van der Waals surface area contributed by atoms with Gasteiger partial charge in [-0.15, -0.1) is 11.8 Å². The largest absolute Gasteiger partial charge is 0.493 e. The number of aryl methyl sites for hydroxylation is 1. The first-order valence-corrected chi connectivity index (χ1v) is 11.0. The van der Waals surface area contributed by atoms with Crippen LogP contribution < -0.4 is 9.47 Å². The molecular formula is C23H29F3O2S. The van der Waals surface area contributed by atoms with Crippen LogP contribution >= 0.6 is 11.8 Å². The van der Waals surface area contributed by atoms with Crippen molar-refractivity contribution in [3.63, 3.8) is 0 Å². The molecule has 160 valence electrons. The van der Waals surface area contributed by atoms with Crippen LogP contribution in [0.2, 0.25) is 0 Å². The lowest BCUT2D eigenvalue weighted by Crippen LogP contribution is -2.14. The van der Waals surface area contributed by atoms with Gasteiger partial charge in [0.1, 0.15) is 11.5 Å². The van der Waals surface area contributed by atoms with E-state index in [1.54, 1.807) is 11.8 Å². The number of ether oxygens (including phenoxy) is 2. The van der Waals surface area contributed by atoms with Crippen LogP contribution in [0.1, 0.15) is 44.2 Å². The first-order valence-electron chi connectivity index (χ1n) is 9.99. The standard InChI is InChI=1S/C23H29F3O2S/c1-4-6-18(15-28-20-9-7-19(8-10-20)23(24,25)26)16-29-21-11-12-22(17(3)14-21)27-13-5-2/h7-12,14,18H,4-6,13,15-16H2,1-3H3. The van der Waals surface area contributed by atoms with Crippen LogP contribution in [-0.4, -0.2) is 19.0 Å². The number of hydrogen-bond acceptors (Lipinski definition) is 3. The fourth-order valence-corrected chi connectivity index (χ4v) is 3.99. The van der Waals surface area contributed by atoms with E-state index in [2.05, 4.69) is 26.0 Å². The van der Waals surface area contributed by atoms with Gasteiger partial charge in [0, 0.05) is 16.6 Å². The molecule has 0 aromatic heterocycles. The van der Waals surface area contributed by atoms with Crippen molar-refractivity contribution in [2.45, 2.75) is 51.1 Å². The third kappa shape index (κ3) is 7.84. The summed E-state index contributed by atoms with van der Waals surface area (Å²) in [5.74, 6) is 2.61. The number of alkyl halides is 3. The Morgan fingerprint density at radius 3 is 2.28 bits per heavy atom. The number of hydrogen-bond donors (Lipinski definition) is 0. The average molecular weight is 427 g/mol. The number of rotatable bonds is 11. The maximum absolute atomic E-state index is 12.7. The molecule has 0 amide bonds. The SMILES string of the molecule is CCCOc1ccc(SCC(CCC)COc2ccc(C(F)(F)F)cc2)cc1C. The maximum Gasteiger partial charge on any atom is 0.416 e. The number of benzene rings is 2. The second-order valence-corrected chi connectivity index (χ2v) is 8.17. The number of thioether (sulfide) groups is 1. The van der Waals surface area contributed by atoms with Gasteiger partial charge in [0.05, 0.1) is 18.8 Å². The van der Waals surface area contributed by atoms with E-state index in [-0.39, 0.29) is 0 Å². The van der Waals surface area contributed by atoms with Gasteiger partial charge in [-0.2, -0.15) is 13.2 Å². The van der Waals surface area contributed by atoms with Gasteiger partial charge in [-0.05, 0) is 67.8 Å². The van der Waals surface area contributed by atoms with Gasteiger partial charge in [0.15, 0.2) is 0 Å². The van der Waals surface area contributed by atoms with Gasteiger partial charge in [-0.1, -0.05) is 20.3 Å². The van der Waals surface area contributed by atoms with Crippen LogP contribution in [-0.2, 0) is 6.18 Å². The molecule has 1 atom stereocenters. The first kappa shape index (κ1) is 23.5. The normalized spacial score (nSPS) is 12.6. The molecule has 1 unspecified atom stereocenters. The van der Waals surface area contributed by atoms with Crippen LogP contribution in [0.4, 0.5) is 13.2 Å². The zero-order chi connectivity index (χ0) is 21.3. The molecule has 2 aromatic carbocycles.